The van der Waals surface area contributed by atoms with E-state index in [4.69, 9.17) is 14.2 Å². The largest absolute Gasteiger partial charge is 0.496 e. The second-order valence-electron chi connectivity index (χ2n) is 12.8. The predicted molar refractivity (Wildman–Crippen MR) is 164 cm³/mol. The number of carbonyl (C=O) groups excluding carboxylic acids is 2. The SMILES string of the molecule is COC(=O)c1ccc(-c2ccc(OC)c(C3=C(CN4C(=O)O[C@H](c5cc(C(F)(F)F)cc(C(F)(F)F)c5)[C@@H]4C)CC(C)(C)CC3)c2)cn1. The number of alkyl halides is 6. The minimum Gasteiger partial charge on any atom is -0.496 e. The second-order valence-corrected chi connectivity index (χ2v) is 12.8. The topological polar surface area (TPSA) is 78.0 Å². The van der Waals surface area contributed by atoms with Crippen LogP contribution < -0.4 is 4.74 Å². The molecule has 0 N–H and O–H groups in total. The molecule has 3 aromatic rings. The quantitative estimate of drug-likeness (QED) is 0.184. The van der Waals surface area contributed by atoms with Crippen LogP contribution in [0.4, 0.5) is 31.1 Å². The Morgan fingerprint density at radius 3 is 2.19 bits per heavy atom. The Morgan fingerprint density at radius 1 is 0.979 bits per heavy atom. The lowest BCUT2D eigenvalue weighted by atomic mass is 9.72. The van der Waals surface area contributed by atoms with E-state index >= 15 is 0 Å². The van der Waals surface area contributed by atoms with Gasteiger partial charge in [0, 0.05) is 23.9 Å². The molecule has 0 spiro atoms. The number of halogens is 6. The molecule has 0 radical (unpaired) electrons. The van der Waals surface area contributed by atoms with Crippen molar-refractivity contribution in [2.24, 2.45) is 5.41 Å². The average molecular weight is 677 g/mol. The van der Waals surface area contributed by atoms with Crippen LogP contribution in [0.5, 0.6) is 5.75 Å². The highest BCUT2D eigenvalue weighted by molar-refractivity contribution is 5.87. The fraction of sp³-hybridized carbons (Fsp3) is 0.400. The lowest BCUT2D eigenvalue weighted by molar-refractivity contribution is -0.143. The first-order valence-electron chi connectivity index (χ1n) is 15.1. The number of cyclic esters (lactones) is 1. The highest BCUT2D eigenvalue weighted by Gasteiger charge is 2.44. The minimum absolute atomic E-state index is 0.0448. The number of allylic oxidation sites excluding steroid dienone is 1. The normalized spacial score (nSPS) is 19.7. The van der Waals surface area contributed by atoms with Gasteiger partial charge in [-0.1, -0.05) is 26.0 Å². The van der Waals surface area contributed by atoms with Crippen LogP contribution in [0.1, 0.15) is 78.9 Å². The van der Waals surface area contributed by atoms with Crippen LogP contribution in [0.25, 0.3) is 16.7 Å². The number of amides is 1. The van der Waals surface area contributed by atoms with Crippen molar-refractivity contribution in [3.05, 3.63) is 88.2 Å². The number of ether oxygens (including phenoxy) is 3. The van der Waals surface area contributed by atoms with Gasteiger partial charge in [0.05, 0.1) is 31.4 Å². The summed E-state index contributed by atoms with van der Waals surface area (Å²) in [6.45, 7) is 5.76. The van der Waals surface area contributed by atoms with Gasteiger partial charge in [0.2, 0.25) is 0 Å². The molecule has 2 aliphatic rings. The van der Waals surface area contributed by atoms with E-state index in [1.807, 2.05) is 12.1 Å². The molecule has 1 amide bonds. The van der Waals surface area contributed by atoms with Crippen LogP contribution in [0.2, 0.25) is 0 Å². The summed E-state index contributed by atoms with van der Waals surface area (Å²) in [7, 11) is 2.80. The standard InChI is InChI=1S/C35H34F6N2O5/c1-19-30(22-12-24(34(36,37)38)15-25(13-22)35(39,40)41)48-32(45)43(19)18-23-16-33(2,3)11-10-26(23)27-14-20(7-9-29(27)46-4)21-6-8-28(42-17-21)31(44)47-5/h6-9,12-15,17,19,30H,10-11,16,18H2,1-5H3/t19-,30-/m0/s1. The molecule has 48 heavy (non-hydrogen) atoms. The van der Waals surface area contributed by atoms with E-state index in [-0.39, 0.29) is 29.3 Å². The first-order chi connectivity index (χ1) is 22.4. The maximum Gasteiger partial charge on any atom is 0.416 e. The van der Waals surface area contributed by atoms with Crippen LogP contribution in [0.15, 0.2) is 60.3 Å². The van der Waals surface area contributed by atoms with E-state index in [0.717, 1.165) is 34.3 Å². The highest BCUT2D eigenvalue weighted by Crippen LogP contribution is 2.47. The summed E-state index contributed by atoms with van der Waals surface area (Å²) < 4.78 is 97.5. The van der Waals surface area contributed by atoms with Gasteiger partial charge in [-0.3, -0.25) is 4.90 Å². The summed E-state index contributed by atoms with van der Waals surface area (Å²) in [6.07, 6.45) is -8.74. The van der Waals surface area contributed by atoms with Crippen molar-refractivity contribution in [2.45, 2.75) is 64.5 Å². The third-order valence-corrected chi connectivity index (χ3v) is 8.88. The van der Waals surface area contributed by atoms with Crippen molar-refractivity contribution in [1.29, 1.82) is 0 Å². The zero-order valence-corrected chi connectivity index (χ0v) is 26.9. The third kappa shape index (κ3) is 7.14. The third-order valence-electron chi connectivity index (χ3n) is 8.88. The molecule has 5 rings (SSSR count). The molecule has 1 aliphatic heterocycles. The van der Waals surface area contributed by atoms with Gasteiger partial charge in [-0.25, -0.2) is 14.6 Å². The molecule has 7 nitrogen and oxygen atoms in total. The Morgan fingerprint density at radius 2 is 1.62 bits per heavy atom. The van der Waals surface area contributed by atoms with E-state index < -0.39 is 47.7 Å². The molecule has 2 atom stereocenters. The summed E-state index contributed by atoms with van der Waals surface area (Å²) in [5.41, 5.74) is 0.701. The Bertz CT molecular complexity index is 1720. The monoisotopic (exact) mass is 676 g/mol. The van der Waals surface area contributed by atoms with Gasteiger partial charge in [0.15, 0.2) is 0 Å². The van der Waals surface area contributed by atoms with Gasteiger partial charge in [-0.15, -0.1) is 0 Å². The molecule has 0 bridgehead atoms. The van der Waals surface area contributed by atoms with Crippen LogP contribution in [0.3, 0.4) is 0 Å². The Labute approximate surface area is 273 Å². The number of hydrogen-bond acceptors (Lipinski definition) is 6. The fourth-order valence-corrected chi connectivity index (χ4v) is 6.31. The van der Waals surface area contributed by atoms with Gasteiger partial charge in [0.1, 0.15) is 17.5 Å². The fourth-order valence-electron chi connectivity index (χ4n) is 6.31. The van der Waals surface area contributed by atoms with Crippen molar-refractivity contribution in [3.63, 3.8) is 0 Å². The van der Waals surface area contributed by atoms with Gasteiger partial charge < -0.3 is 14.2 Å². The number of pyridine rings is 1. The molecule has 0 saturated carbocycles. The Balaban J connectivity index is 1.53. The van der Waals surface area contributed by atoms with E-state index in [1.165, 1.54) is 19.1 Å². The first kappa shape index (κ1) is 34.8. The number of benzene rings is 2. The van der Waals surface area contributed by atoms with Gasteiger partial charge in [-0.05, 0) is 90.3 Å². The predicted octanol–water partition coefficient (Wildman–Crippen LogP) is 9.13. The van der Waals surface area contributed by atoms with Crippen molar-refractivity contribution in [2.75, 3.05) is 20.8 Å². The zero-order valence-electron chi connectivity index (χ0n) is 26.9. The maximum atomic E-state index is 13.6. The van der Waals surface area contributed by atoms with E-state index in [0.29, 0.717) is 30.7 Å². The van der Waals surface area contributed by atoms with Gasteiger partial charge in [0.25, 0.3) is 0 Å². The average Bonchev–Trinajstić information content (AvgIpc) is 3.31. The van der Waals surface area contributed by atoms with Crippen LogP contribution >= 0.6 is 0 Å². The molecule has 13 heteroatoms. The highest BCUT2D eigenvalue weighted by atomic mass is 19.4. The van der Waals surface area contributed by atoms with Crippen LogP contribution in [0, 0.1) is 5.41 Å². The van der Waals surface area contributed by atoms with Crippen molar-refractivity contribution < 1.29 is 50.1 Å². The smallest absolute Gasteiger partial charge is 0.416 e. The number of esters is 1. The van der Waals surface area contributed by atoms with E-state index in [2.05, 4.69) is 18.8 Å². The minimum atomic E-state index is -5.04. The number of hydrogen-bond donors (Lipinski definition) is 0. The van der Waals surface area contributed by atoms with Gasteiger partial charge in [-0.2, -0.15) is 26.3 Å². The van der Waals surface area contributed by atoms with Crippen molar-refractivity contribution >= 4 is 17.6 Å². The molecule has 256 valence electrons. The van der Waals surface area contributed by atoms with Crippen molar-refractivity contribution in [3.8, 4) is 16.9 Å². The maximum absolute atomic E-state index is 13.6. The summed E-state index contributed by atoms with van der Waals surface area (Å²) >= 11 is 0. The molecular formula is C35H34F6N2O5. The van der Waals surface area contributed by atoms with E-state index in [9.17, 15) is 35.9 Å². The summed E-state index contributed by atoms with van der Waals surface area (Å²) in [5.74, 6) is 0.00556. The number of nitrogens with zero attached hydrogens (tertiary/aromatic N) is 2. The molecule has 2 heterocycles. The second kappa shape index (κ2) is 12.8. The zero-order chi connectivity index (χ0) is 35.2. The molecule has 1 saturated heterocycles. The number of aromatic nitrogens is 1. The molecule has 1 aromatic heterocycles. The first-order valence-corrected chi connectivity index (χ1v) is 15.1. The molecule has 1 aliphatic carbocycles. The van der Waals surface area contributed by atoms with Crippen molar-refractivity contribution in [1.82, 2.24) is 9.88 Å². The summed E-state index contributed by atoms with van der Waals surface area (Å²) in [4.78, 5) is 30.6. The summed E-state index contributed by atoms with van der Waals surface area (Å²) in [6, 6.07) is 9.24. The molecular weight excluding hydrogens is 642 g/mol. The van der Waals surface area contributed by atoms with E-state index in [1.54, 1.807) is 31.3 Å². The van der Waals surface area contributed by atoms with Crippen LogP contribution in [-0.2, 0) is 21.8 Å². The lowest BCUT2D eigenvalue weighted by Gasteiger charge is -2.36. The lowest BCUT2D eigenvalue weighted by Crippen LogP contribution is -2.35. The Hall–Kier alpha value is -4.55. The molecule has 1 fully saturated rings. The molecule has 0 unspecified atom stereocenters. The summed E-state index contributed by atoms with van der Waals surface area (Å²) in [5, 5.41) is 0. The van der Waals surface area contributed by atoms with Crippen LogP contribution in [-0.4, -0.2) is 48.8 Å². The Kier molecular flexibility index (Phi) is 9.28. The number of carbonyl (C=O) groups is 2. The number of methoxy groups -OCH3 is 2. The number of rotatable bonds is 7. The molecule has 2 aromatic carbocycles. The van der Waals surface area contributed by atoms with Gasteiger partial charge >= 0.3 is 24.4 Å².